The molecular weight excluding hydrogens is 194 g/mol. The lowest BCUT2D eigenvalue weighted by atomic mass is 9.75. The lowest BCUT2D eigenvalue weighted by molar-refractivity contribution is -0.136. The first-order valence-corrected chi connectivity index (χ1v) is 5.35. The highest BCUT2D eigenvalue weighted by molar-refractivity contribution is 5.87. The van der Waals surface area contributed by atoms with Crippen molar-refractivity contribution in [2.24, 2.45) is 11.8 Å². The third-order valence-electron chi connectivity index (χ3n) is 3.24. The number of nitrogens with one attached hydrogen (secondary N) is 1. The van der Waals surface area contributed by atoms with Gasteiger partial charge in [-0.25, -0.2) is 0 Å². The number of amides is 1. The van der Waals surface area contributed by atoms with Gasteiger partial charge in [0.1, 0.15) is 5.78 Å². The summed E-state index contributed by atoms with van der Waals surface area (Å²) in [6.07, 6.45) is 2.39. The molecule has 15 heavy (non-hydrogen) atoms. The van der Waals surface area contributed by atoms with E-state index in [1.165, 1.54) is 0 Å². The van der Waals surface area contributed by atoms with E-state index in [2.05, 4.69) is 5.32 Å². The lowest BCUT2D eigenvalue weighted by Crippen LogP contribution is -2.41. The van der Waals surface area contributed by atoms with Crippen molar-refractivity contribution >= 4 is 11.7 Å². The van der Waals surface area contributed by atoms with Crippen LogP contribution in [0.15, 0.2) is 0 Å². The maximum absolute atomic E-state index is 11.6. The summed E-state index contributed by atoms with van der Waals surface area (Å²) in [5.41, 5.74) is 0. The first kappa shape index (κ1) is 12.2. The van der Waals surface area contributed by atoms with Gasteiger partial charge in [0.05, 0.1) is 12.0 Å². The standard InChI is InChI=1S/C11H19NO3/c1-7(13)9-5-4-8(15-3)6-10(9)11(14)12-2/h8-10H,4-6H2,1-3H3,(H,12,14)/t8?,9-,10?/m1/s1. The SMILES string of the molecule is CNC(=O)C1CC(OC)CC[C@@H]1C(C)=O. The van der Waals surface area contributed by atoms with Crippen LogP contribution in [0.25, 0.3) is 0 Å². The van der Waals surface area contributed by atoms with Gasteiger partial charge < -0.3 is 10.1 Å². The van der Waals surface area contributed by atoms with E-state index in [1.54, 1.807) is 21.1 Å². The number of Topliss-reactive ketones (excluding diaryl/α,β-unsaturated/α-hetero) is 1. The molecule has 1 fully saturated rings. The van der Waals surface area contributed by atoms with Crippen LogP contribution in [0.2, 0.25) is 0 Å². The topological polar surface area (TPSA) is 55.4 Å². The van der Waals surface area contributed by atoms with Gasteiger partial charge in [-0.1, -0.05) is 0 Å². The fourth-order valence-corrected chi connectivity index (χ4v) is 2.31. The Balaban J connectivity index is 2.73. The van der Waals surface area contributed by atoms with Gasteiger partial charge in [-0.15, -0.1) is 0 Å². The third kappa shape index (κ3) is 2.78. The molecule has 86 valence electrons. The Bertz CT molecular complexity index is 252. The van der Waals surface area contributed by atoms with Gasteiger partial charge in [0.15, 0.2) is 0 Å². The zero-order valence-corrected chi connectivity index (χ0v) is 9.58. The Morgan fingerprint density at radius 1 is 1.27 bits per heavy atom. The number of hydrogen-bond donors (Lipinski definition) is 1. The molecule has 4 heteroatoms. The van der Waals surface area contributed by atoms with Crippen molar-refractivity contribution in [2.45, 2.75) is 32.3 Å². The lowest BCUT2D eigenvalue weighted by Gasteiger charge is -2.32. The second-order valence-corrected chi connectivity index (χ2v) is 4.11. The van der Waals surface area contributed by atoms with Crippen molar-refractivity contribution in [1.82, 2.24) is 5.32 Å². The molecule has 0 aromatic carbocycles. The van der Waals surface area contributed by atoms with Crippen LogP contribution in [-0.2, 0) is 14.3 Å². The number of ether oxygens (including phenoxy) is 1. The first-order chi connectivity index (χ1) is 7.10. The average Bonchev–Trinajstić information content (AvgIpc) is 2.26. The highest BCUT2D eigenvalue weighted by atomic mass is 16.5. The van der Waals surface area contributed by atoms with Crippen molar-refractivity contribution < 1.29 is 14.3 Å². The molecule has 2 unspecified atom stereocenters. The van der Waals surface area contributed by atoms with Crippen molar-refractivity contribution in [3.8, 4) is 0 Å². The van der Waals surface area contributed by atoms with Crippen LogP contribution in [0.3, 0.4) is 0 Å². The molecule has 1 aliphatic rings. The predicted molar refractivity (Wildman–Crippen MR) is 56.4 cm³/mol. The van der Waals surface area contributed by atoms with Gasteiger partial charge in [0.2, 0.25) is 5.91 Å². The first-order valence-electron chi connectivity index (χ1n) is 5.35. The van der Waals surface area contributed by atoms with Gasteiger partial charge in [-0.2, -0.15) is 0 Å². The molecule has 0 aromatic heterocycles. The van der Waals surface area contributed by atoms with Crippen LogP contribution in [0.4, 0.5) is 0 Å². The fraction of sp³-hybridized carbons (Fsp3) is 0.818. The van der Waals surface area contributed by atoms with Crippen LogP contribution in [0.1, 0.15) is 26.2 Å². The quantitative estimate of drug-likeness (QED) is 0.752. The van der Waals surface area contributed by atoms with E-state index >= 15 is 0 Å². The fourth-order valence-electron chi connectivity index (χ4n) is 2.31. The molecule has 1 aliphatic carbocycles. The Morgan fingerprint density at radius 3 is 2.40 bits per heavy atom. The Hall–Kier alpha value is -0.900. The zero-order chi connectivity index (χ0) is 11.4. The largest absolute Gasteiger partial charge is 0.381 e. The number of methoxy groups -OCH3 is 1. The number of ketones is 1. The summed E-state index contributed by atoms with van der Waals surface area (Å²) in [5, 5.41) is 2.62. The molecular formula is C11H19NO3. The van der Waals surface area contributed by atoms with Crippen LogP contribution >= 0.6 is 0 Å². The molecule has 0 bridgehead atoms. The second-order valence-electron chi connectivity index (χ2n) is 4.11. The summed E-state index contributed by atoms with van der Waals surface area (Å²) in [5.74, 6) is -0.280. The van der Waals surface area contributed by atoms with Gasteiger partial charge in [0.25, 0.3) is 0 Å². The summed E-state index contributed by atoms with van der Waals surface area (Å²) >= 11 is 0. The van der Waals surface area contributed by atoms with Crippen molar-refractivity contribution in [3.05, 3.63) is 0 Å². The summed E-state index contributed by atoms with van der Waals surface area (Å²) in [6.45, 7) is 1.56. The molecule has 0 heterocycles. The Labute approximate surface area is 90.4 Å². The summed E-state index contributed by atoms with van der Waals surface area (Å²) in [6, 6.07) is 0. The van der Waals surface area contributed by atoms with Gasteiger partial charge in [-0.05, 0) is 26.2 Å². The molecule has 0 spiro atoms. The van der Waals surface area contributed by atoms with E-state index in [0.29, 0.717) is 6.42 Å². The molecule has 4 nitrogen and oxygen atoms in total. The van der Waals surface area contributed by atoms with Gasteiger partial charge in [-0.3, -0.25) is 9.59 Å². The molecule has 1 saturated carbocycles. The van der Waals surface area contributed by atoms with E-state index in [0.717, 1.165) is 12.8 Å². The van der Waals surface area contributed by atoms with E-state index in [-0.39, 0.29) is 29.6 Å². The zero-order valence-electron chi connectivity index (χ0n) is 9.58. The molecule has 0 saturated heterocycles. The van der Waals surface area contributed by atoms with E-state index in [1.807, 2.05) is 0 Å². The summed E-state index contributed by atoms with van der Waals surface area (Å²) in [4.78, 5) is 23.0. The molecule has 1 rings (SSSR count). The van der Waals surface area contributed by atoms with Crippen LogP contribution in [-0.4, -0.2) is 32.0 Å². The number of hydrogen-bond acceptors (Lipinski definition) is 3. The number of rotatable bonds is 3. The van der Waals surface area contributed by atoms with E-state index in [4.69, 9.17) is 4.74 Å². The Morgan fingerprint density at radius 2 is 1.93 bits per heavy atom. The number of carbonyl (C=O) groups excluding carboxylic acids is 2. The van der Waals surface area contributed by atoms with Gasteiger partial charge in [0, 0.05) is 20.1 Å². The summed E-state index contributed by atoms with van der Waals surface area (Å²) in [7, 11) is 3.26. The van der Waals surface area contributed by atoms with E-state index in [9.17, 15) is 9.59 Å². The van der Waals surface area contributed by atoms with Gasteiger partial charge >= 0.3 is 0 Å². The van der Waals surface area contributed by atoms with Crippen LogP contribution < -0.4 is 5.32 Å². The monoisotopic (exact) mass is 213 g/mol. The predicted octanol–water partition coefficient (Wildman–Crippen LogP) is 0.753. The molecule has 3 atom stereocenters. The highest BCUT2D eigenvalue weighted by Crippen LogP contribution is 2.32. The normalized spacial score (nSPS) is 31.0. The smallest absolute Gasteiger partial charge is 0.223 e. The maximum Gasteiger partial charge on any atom is 0.223 e. The molecule has 0 radical (unpaired) electrons. The molecule has 1 amide bonds. The highest BCUT2D eigenvalue weighted by Gasteiger charge is 2.37. The maximum atomic E-state index is 11.6. The summed E-state index contributed by atoms with van der Waals surface area (Å²) < 4.78 is 5.25. The van der Waals surface area contributed by atoms with Crippen molar-refractivity contribution in [2.75, 3.05) is 14.2 Å². The molecule has 0 aromatic rings. The third-order valence-corrected chi connectivity index (χ3v) is 3.24. The minimum atomic E-state index is -0.216. The minimum absolute atomic E-state index is 0.0445. The Kier molecular flexibility index (Phi) is 4.27. The van der Waals surface area contributed by atoms with Crippen LogP contribution in [0, 0.1) is 11.8 Å². The van der Waals surface area contributed by atoms with Crippen molar-refractivity contribution in [1.29, 1.82) is 0 Å². The second kappa shape index (κ2) is 5.26. The van der Waals surface area contributed by atoms with E-state index < -0.39 is 0 Å². The van der Waals surface area contributed by atoms with Crippen LogP contribution in [0.5, 0.6) is 0 Å². The van der Waals surface area contributed by atoms with Crippen molar-refractivity contribution in [3.63, 3.8) is 0 Å². The number of carbonyl (C=O) groups is 2. The minimum Gasteiger partial charge on any atom is -0.381 e. The average molecular weight is 213 g/mol. The molecule has 1 N–H and O–H groups in total. The molecule has 0 aliphatic heterocycles.